The smallest absolute Gasteiger partial charge is 0.251 e. The molecule has 0 aliphatic carbocycles. The largest absolute Gasteiger partial charge is 0.351 e. The van der Waals surface area contributed by atoms with Gasteiger partial charge in [0, 0.05) is 43.5 Å². The Morgan fingerprint density at radius 3 is 2.57 bits per heavy atom. The Morgan fingerprint density at radius 1 is 1.22 bits per heavy atom. The van der Waals surface area contributed by atoms with Gasteiger partial charge in [-0.25, -0.2) is 0 Å². The molecule has 0 saturated heterocycles. The van der Waals surface area contributed by atoms with Gasteiger partial charge in [0.1, 0.15) is 0 Å². The summed E-state index contributed by atoms with van der Waals surface area (Å²) in [7, 11) is 1.88. The average molecular weight is 315 g/mol. The monoisotopic (exact) mass is 315 g/mol. The van der Waals surface area contributed by atoms with Gasteiger partial charge in [0.05, 0.1) is 17.9 Å². The predicted octanol–water partition coefficient (Wildman–Crippen LogP) is 0.998. The maximum Gasteiger partial charge on any atom is 0.251 e. The van der Waals surface area contributed by atoms with Crippen LogP contribution in [0.15, 0.2) is 18.3 Å². The Hall–Kier alpha value is -2.70. The van der Waals surface area contributed by atoms with Crippen LogP contribution in [0.25, 0.3) is 0 Å². The van der Waals surface area contributed by atoms with Crippen molar-refractivity contribution in [3.63, 3.8) is 0 Å². The van der Waals surface area contributed by atoms with E-state index in [9.17, 15) is 9.59 Å². The summed E-state index contributed by atoms with van der Waals surface area (Å²) in [5, 5.41) is 9.89. The van der Waals surface area contributed by atoms with Gasteiger partial charge < -0.3 is 10.6 Å². The fourth-order valence-corrected chi connectivity index (χ4v) is 2.28. The molecule has 0 bridgehead atoms. The van der Waals surface area contributed by atoms with E-state index in [0.29, 0.717) is 24.3 Å². The van der Waals surface area contributed by atoms with Crippen LogP contribution in [0.4, 0.5) is 0 Å². The van der Waals surface area contributed by atoms with Crippen molar-refractivity contribution in [1.29, 1.82) is 0 Å². The molecule has 23 heavy (non-hydrogen) atoms. The molecule has 0 unspecified atom stereocenters. The normalized spacial score (nSPS) is 10.4. The van der Waals surface area contributed by atoms with Crippen molar-refractivity contribution in [3.8, 4) is 0 Å². The molecule has 122 valence electrons. The highest BCUT2D eigenvalue weighted by molar-refractivity contribution is 5.94. The molecule has 2 N–H and O–H groups in total. The Balaban J connectivity index is 2.03. The SMILES string of the molecule is CC(=O)NCc1cc(C(=O)NCc2c(C)nn(C)c2C)ccn1. The number of nitrogens with zero attached hydrogens (tertiary/aromatic N) is 3. The van der Waals surface area contributed by atoms with Gasteiger partial charge in [0.25, 0.3) is 5.91 Å². The zero-order valence-electron chi connectivity index (χ0n) is 13.8. The summed E-state index contributed by atoms with van der Waals surface area (Å²) in [4.78, 5) is 27.4. The lowest BCUT2D eigenvalue weighted by Gasteiger charge is -2.07. The van der Waals surface area contributed by atoms with E-state index in [0.717, 1.165) is 17.0 Å². The minimum Gasteiger partial charge on any atom is -0.351 e. The Labute approximate surface area is 135 Å². The van der Waals surface area contributed by atoms with Crippen LogP contribution < -0.4 is 10.6 Å². The van der Waals surface area contributed by atoms with Gasteiger partial charge in [-0.2, -0.15) is 5.10 Å². The molecule has 0 aliphatic rings. The third-order valence-electron chi connectivity index (χ3n) is 3.68. The van der Waals surface area contributed by atoms with Crippen molar-refractivity contribution < 1.29 is 9.59 Å². The second kappa shape index (κ2) is 7.04. The lowest BCUT2D eigenvalue weighted by molar-refractivity contribution is -0.119. The Kier molecular flexibility index (Phi) is 5.10. The summed E-state index contributed by atoms with van der Waals surface area (Å²) >= 11 is 0. The van der Waals surface area contributed by atoms with Crippen molar-refractivity contribution in [2.24, 2.45) is 7.05 Å². The first-order chi connectivity index (χ1) is 10.9. The lowest BCUT2D eigenvalue weighted by Crippen LogP contribution is -2.24. The number of carbonyl (C=O) groups excluding carboxylic acids is 2. The standard InChI is InChI=1S/C16H21N5O2/c1-10-15(11(2)21(4)20-10)9-19-16(23)13-5-6-17-14(7-13)8-18-12(3)22/h5-7H,8-9H2,1-4H3,(H,18,22)(H,19,23). The van der Waals surface area contributed by atoms with E-state index in [-0.39, 0.29) is 11.8 Å². The molecule has 0 radical (unpaired) electrons. The highest BCUT2D eigenvalue weighted by atomic mass is 16.2. The molecule has 0 atom stereocenters. The maximum absolute atomic E-state index is 12.3. The van der Waals surface area contributed by atoms with Crippen LogP contribution in [0.1, 0.15) is 39.9 Å². The summed E-state index contributed by atoms with van der Waals surface area (Å²) in [6, 6.07) is 3.32. The first-order valence-corrected chi connectivity index (χ1v) is 7.35. The molecule has 2 amide bonds. The number of hydrogen-bond acceptors (Lipinski definition) is 4. The molecule has 7 heteroatoms. The molecular formula is C16H21N5O2. The maximum atomic E-state index is 12.3. The number of nitrogens with one attached hydrogen (secondary N) is 2. The fraction of sp³-hybridized carbons (Fsp3) is 0.375. The first-order valence-electron chi connectivity index (χ1n) is 7.35. The van der Waals surface area contributed by atoms with Crippen LogP contribution in [0.5, 0.6) is 0 Å². The molecule has 7 nitrogen and oxygen atoms in total. The molecule has 2 aromatic heterocycles. The van der Waals surface area contributed by atoms with E-state index in [1.807, 2.05) is 20.9 Å². The second-order valence-corrected chi connectivity index (χ2v) is 5.40. The topological polar surface area (TPSA) is 88.9 Å². The minimum atomic E-state index is -0.181. The van der Waals surface area contributed by atoms with Crippen LogP contribution in [0, 0.1) is 13.8 Å². The van der Waals surface area contributed by atoms with Gasteiger partial charge >= 0.3 is 0 Å². The van der Waals surface area contributed by atoms with E-state index in [2.05, 4.69) is 20.7 Å². The minimum absolute atomic E-state index is 0.135. The van der Waals surface area contributed by atoms with E-state index in [1.165, 1.54) is 6.92 Å². The predicted molar refractivity (Wildman–Crippen MR) is 85.6 cm³/mol. The number of amides is 2. The van der Waals surface area contributed by atoms with Crippen molar-refractivity contribution >= 4 is 11.8 Å². The van der Waals surface area contributed by atoms with Crippen molar-refractivity contribution in [3.05, 3.63) is 46.5 Å². The fourth-order valence-electron chi connectivity index (χ4n) is 2.28. The van der Waals surface area contributed by atoms with Crippen LogP contribution in [0.2, 0.25) is 0 Å². The van der Waals surface area contributed by atoms with Crippen molar-refractivity contribution in [1.82, 2.24) is 25.4 Å². The molecule has 2 aromatic rings. The number of aromatic nitrogens is 3. The Bertz CT molecular complexity index is 736. The Morgan fingerprint density at radius 2 is 1.96 bits per heavy atom. The molecule has 0 aliphatic heterocycles. The number of rotatable bonds is 5. The zero-order valence-corrected chi connectivity index (χ0v) is 13.8. The lowest BCUT2D eigenvalue weighted by atomic mass is 10.1. The first kappa shape index (κ1) is 16.7. The second-order valence-electron chi connectivity index (χ2n) is 5.40. The number of hydrogen-bond donors (Lipinski definition) is 2. The van der Waals surface area contributed by atoms with Gasteiger partial charge in [0.2, 0.25) is 5.91 Å². The molecule has 2 rings (SSSR count). The number of aryl methyl sites for hydroxylation is 2. The third-order valence-corrected chi connectivity index (χ3v) is 3.68. The quantitative estimate of drug-likeness (QED) is 0.861. The molecule has 0 aromatic carbocycles. The third kappa shape index (κ3) is 4.15. The van der Waals surface area contributed by atoms with Gasteiger partial charge in [-0.1, -0.05) is 0 Å². The molecular weight excluding hydrogens is 294 g/mol. The van der Waals surface area contributed by atoms with Crippen LogP contribution >= 0.6 is 0 Å². The summed E-state index contributed by atoms with van der Waals surface area (Å²) in [6.07, 6.45) is 1.56. The van der Waals surface area contributed by atoms with Crippen molar-refractivity contribution in [2.75, 3.05) is 0 Å². The van der Waals surface area contributed by atoms with E-state index in [4.69, 9.17) is 0 Å². The summed E-state index contributed by atoms with van der Waals surface area (Å²) < 4.78 is 1.80. The highest BCUT2D eigenvalue weighted by Crippen LogP contribution is 2.11. The summed E-state index contributed by atoms with van der Waals surface area (Å²) in [6.45, 7) is 6.06. The number of carbonyl (C=O) groups is 2. The van der Waals surface area contributed by atoms with Crippen LogP contribution in [-0.4, -0.2) is 26.6 Å². The van der Waals surface area contributed by atoms with Crippen molar-refractivity contribution in [2.45, 2.75) is 33.9 Å². The van der Waals surface area contributed by atoms with Gasteiger partial charge in [-0.05, 0) is 26.0 Å². The summed E-state index contributed by atoms with van der Waals surface area (Å²) in [5.74, 6) is -0.316. The molecule has 0 spiro atoms. The zero-order chi connectivity index (χ0) is 17.0. The van der Waals surface area contributed by atoms with E-state index >= 15 is 0 Å². The van der Waals surface area contributed by atoms with Gasteiger partial charge in [-0.15, -0.1) is 0 Å². The molecule has 2 heterocycles. The number of pyridine rings is 1. The van der Waals surface area contributed by atoms with E-state index < -0.39 is 0 Å². The average Bonchev–Trinajstić information content (AvgIpc) is 2.76. The van der Waals surface area contributed by atoms with Crippen LogP contribution in [0.3, 0.4) is 0 Å². The van der Waals surface area contributed by atoms with E-state index in [1.54, 1.807) is 23.0 Å². The van der Waals surface area contributed by atoms with Gasteiger partial charge in [-0.3, -0.25) is 19.3 Å². The highest BCUT2D eigenvalue weighted by Gasteiger charge is 2.12. The van der Waals surface area contributed by atoms with Crippen LogP contribution in [-0.2, 0) is 24.9 Å². The molecule has 0 fully saturated rings. The van der Waals surface area contributed by atoms with Gasteiger partial charge in [0.15, 0.2) is 0 Å². The summed E-state index contributed by atoms with van der Waals surface area (Å²) in [5.41, 5.74) is 4.12. The molecule has 0 saturated carbocycles.